The lowest BCUT2D eigenvalue weighted by Crippen LogP contribution is -2.42. The Labute approximate surface area is 209 Å². The average Bonchev–Trinajstić information content (AvgIpc) is 2.87. The average molecular weight is 527 g/mol. The van der Waals surface area contributed by atoms with E-state index in [1.807, 2.05) is 11.8 Å². The van der Waals surface area contributed by atoms with E-state index in [-0.39, 0.29) is 30.9 Å². The highest BCUT2D eigenvalue weighted by Crippen LogP contribution is 2.34. The molecule has 3 heterocycles. The van der Waals surface area contributed by atoms with Gasteiger partial charge in [-0.05, 0) is 48.9 Å². The van der Waals surface area contributed by atoms with Gasteiger partial charge in [0.05, 0.1) is 18.5 Å². The summed E-state index contributed by atoms with van der Waals surface area (Å²) in [6, 6.07) is 2.55. The molecule has 0 saturated carbocycles. The van der Waals surface area contributed by atoms with Crippen LogP contribution in [0.2, 0.25) is 0 Å². The summed E-state index contributed by atoms with van der Waals surface area (Å²) in [5.74, 6) is -2.05. The van der Waals surface area contributed by atoms with Crippen LogP contribution >= 0.6 is 0 Å². The third-order valence-electron chi connectivity index (χ3n) is 6.73. The van der Waals surface area contributed by atoms with Crippen molar-refractivity contribution in [3.05, 3.63) is 47.3 Å². The second-order valence-electron chi connectivity index (χ2n) is 9.47. The van der Waals surface area contributed by atoms with Crippen LogP contribution in [0.25, 0.3) is 0 Å². The van der Waals surface area contributed by atoms with E-state index in [9.17, 15) is 22.3 Å². The number of halogens is 2. The van der Waals surface area contributed by atoms with Gasteiger partial charge < -0.3 is 19.8 Å². The van der Waals surface area contributed by atoms with Gasteiger partial charge in [-0.15, -0.1) is 0 Å². The van der Waals surface area contributed by atoms with Gasteiger partial charge in [0.2, 0.25) is 16.0 Å². The molecule has 0 aliphatic carbocycles. The fourth-order valence-corrected chi connectivity index (χ4v) is 6.26. The molecule has 2 fully saturated rings. The summed E-state index contributed by atoms with van der Waals surface area (Å²) >= 11 is 0. The highest BCUT2D eigenvalue weighted by atomic mass is 32.2. The summed E-state index contributed by atoms with van der Waals surface area (Å²) in [5, 5.41) is 18.4. The third-order valence-corrected chi connectivity index (χ3v) is 8.69. The minimum absolute atomic E-state index is 0.176. The van der Waals surface area contributed by atoms with Crippen molar-refractivity contribution in [3.8, 4) is 5.75 Å². The number of ether oxygens (including phenoxy) is 1. The molecule has 0 bridgehead atoms. The summed E-state index contributed by atoms with van der Waals surface area (Å²) in [7, 11) is -3.72. The fourth-order valence-electron chi connectivity index (χ4n) is 4.69. The van der Waals surface area contributed by atoms with Gasteiger partial charge in [0.25, 0.3) is 0 Å². The molecule has 0 radical (unpaired) electrons. The van der Waals surface area contributed by atoms with Crippen molar-refractivity contribution in [1.29, 1.82) is 0 Å². The van der Waals surface area contributed by atoms with Crippen molar-refractivity contribution in [2.75, 3.05) is 43.4 Å². The Morgan fingerprint density at radius 3 is 2.19 bits per heavy atom. The number of rotatable bonds is 8. The first-order chi connectivity index (χ1) is 17.2. The predicted molar refractivity (Wildman–Crippen MR) is 129 cm³/mol. The number of piperidine rings is 2. The van der Waals surface area contributed by atoms with Gasteiger partial charge in [0.1, 0.15) is 6.10 Å². The van der Waals surface area contributed by atoms with Gasteiger partial charge in [0.15, 0.2) is 17.4 Å². The fraction of sp³-hybridized carbons (Fsp3) is 0.583. The van der Waals surface area contributed by atoms with Crippen molar-refractivity contribution in [1.82, 2.24) is 14.3 Å². The first-order valence-corrected chi connectivity index (χ1v) is 13.7. The summed E-state index contributed by atoms with van der Waals surface area (Å²) in [4.78, 5) is 10.7. The molecule has 2 saturated heterocycles. The minimum atomic E-state index is -3.72. The van der Waals surface area contributed by atoms with Crippen molar-refractivity contribution in [3.63, 3.8) is 0 Å². The molecule has 9 nitrogen and oxygen atoms in total. The molecular formula is C24H32F2N4O5S. The van der Waals surface area contributed by atoms with E-state index in [0.29, 0.717) is 50.3 Å². The second-order valence-corrected chi connectivity index (χ2v) is 11.5. The van der Waals surface area contributed by atoms with E-state index in [1.54, 1.807) is 12.4 Å². The Kier molecular flexibility index (Phi) is 8.38. The van der Waals surface area contributed by atoms with E-state index in [2.05, 4.69) is 9.97 Å². The first kappa shape index (κ1) is 26.6. The number of aliphatic hydroxyl groups excluding tert-OH is 2. The lowest BCUT2D eigenvalue weighted by Gasteiger charge is -2.33. The third kappa shape index (κ3) is 6.28. The highest BCUT2D eigenvalue weighted by molar-refractivity contribution is 7.89. The highest BCUT2D eigenvalue weighted by Gasteiger charge is 2.31. The number of aromatic nitrogens is 2. The van der Waals surface area contributed by atoms with Crippen LogP contribution in [0.1, 0.15) is 42.7 Å². The Morgan fingerprint density at radius 1 is 1.06 bits per heavy atom. The number of sulfonamides is 1. The number of hydrogen-bond acceptors (Lipinski definition) is 8. The van der Waals surface area contributed by atoms with Crippen LogP contribution in [0.4, 0.5) is 14.7 Å². The maximum atomic E-state index is 14.9. The van der Waals surface area contributed by atoms with Gasteiger partial charge in [0, 0.05) is 51.4 Å². The second kappa shape index (κ2) is 11.3. The van der Waals surface area contributed by atoms with E-state index >= 15 is 0 Å². The standard InChI is InChI=1S/C24H32F2N4O5S/c1-16-12-27-24(28-13-16)29-6-4-20(5-7-29)35-23-21(25)10-18(11-22(23)26)17-2-8-30(9-3-17)36(33,34)15-19(32)14-31/h10-13,17,19-20,31-32H,2-9,14-15H2,1H3. The molecule has 36 heavy (non-hydrogen) atoms. The molecule has 198 valence electrons. The molecule has 2 N–H and O–H groups in total. The molecule has 1 aromatic heterocycles. The van der Waals surface area contributed by atoms with Crippen LogP contribution < -0.4 is 9.64 Å². The zero-order chi connectivity index (χ0) is 25.9. The SMILES string of the molecule is Cc1cnc(N2CCC(Oc3c(F)cc(C4CCN(S(=O)(=O)CC(O)CO)CC4)cc3F)CC2)nc1. The zero-order valence-electron chi connectivity index (χ0n) is 20.2. The maximum Gasteiger partial charge on any atom is 0.225 e. The van der Waals surface area contributed by atoms with Crippen LogP contribution in [0.3, 0.4) is 0 Å². The molecule has 4 rings (SSSR count). The van der Waals surface area contributed by atoms with Crippen LogP contribution in [-0.4, -0.2) is 83.7 Å². The molecule has 2 aliphatic heterocycles. The molecule has 1 atom stereocenters. The smallest absolute Gasteiger partial charge is 0.225 e. The number of hydrogen-bond donors (Lipinski definition) is 2. The number of nitrogens with zero attached hydrogens (tertiary/aromatic N) is 4. The number of aliphatic hydroxyl groups is 2. The number of benzene rings is 1. The van der Waals surface area contributed by atoms with Gasteiger partial charge in [-0.3, -0.25) is 0 Å². The minimum Gasteiger partial charge on any atom is -0.484 e. The molecule has 0 amide bonds. The van der Waals surface area contributed by atoms with Crippen molar-refractivity contribution in [2.45, 2.75) is 50.7 Å². The summed E-state index contributed by atoms with van der Waals surface area (Å²) in [6.45, 7) is 2.87. The summed E-state index contributed by atoms with van der Waals surface area (Å²) in [6.07, 6.45) is 3.78. The molecule has 12 heteroatoms. The molecule has 1 unspecified atom stereocenters. The van der Waals surface area contributed by atoms with Crippen LogP contribution in [0, 0.1) is 18.6 Å². The van der Waals surface area contributed by atoms with Gasteiger partial charge in [-0.1, -0.05) is 0 Å². The Morgan fingerprint density at radius 2 is 1.64 bits per heavy atom. The van der Waals surface area contributed by atoms with Gasteiger partial charge in [-0.2, -0.15) is 0 Å². The number of anilines is 1. The maximum absolute atomic E-state index is 14.9. The zero-order valence-corrected chi connectivity index (χ0v) is 21.0. The molecule has 2 aromatic rings. The quantitative estimate of drug-likeness (QED) is 0.537. The lowest BCUT2D eigenvalue weighted by atomic mass is 9.90. The molecular weight excluding hydrogens is 494 g/mol. The summed E-state index contributed by atoms with van der Waals surface area (Å²) in [5.41, 5.74) is 1.44. The largest absolute Gasteiger partial charge is 0.484 e. The van der Waals surface area contributed by atoms with Crippen LogP contribution in [-0.2, 0) is 10.0 Å². The monoisotopic (exact) mass is 526 g/mol. The number of aryl methyl sites for hydroxylation is 1. The van der Waals surface area contributed by atoms with Gasteiger partial charge >= 0.3 is 0 Å². The van der Waals surface area contributed by atoms with Crippen molar-refractivity contribution in [2.24, 2.45) is 0 Å². The van der Waals surface area contributed by atoms with E-state index < -0.39 is 40.1 Å². The normalized spacial score (nSPS) is 19.4. The van der Waals surface area contributed by atoms with Gasteiger partial charge in [-0.25, -0.2) is 31.5 Å². The van der Waals surface area contributed by atoms with E-state index in [1.165, 1.54) is 16.4 Å². The van der Waals surface area contributed by atoms with Crippen LogP contribution in [0.15, 0.2) is 24.5 Å². The van der Waals surface area contributed by atoms with Crippen molar-refractivity contribution >= 4 is 16.0 Å². The molecule has 2 aliphatic rings. The lowest BCUT2D eigenvalue weighted by molar-refractivity contribution is 0.111. The van der Waals surface area contributed by atoms with Crippen molar-refractivity contribution < 1.29 is 32.1 Å². The summed E-state index contributed by atoms with van der Waals surface area (Å²) < 4.78 is 61.5. The first-order valence-electron chi connectivity index (χ1n) is 12.1. The topological polar surface area (TPSA) is 116 Å². The molecule has 1 aromatic carbocycles. The van der Waals surface area contributed by atoms with Crippen LogP contribution in [0.5, 0.6) is 5.75 Å². The Bertz CT molecular complexity index is 1110. The predicted octanol–water partition coefficient (Wildman–Crippen LogP) is 1.97. The Balaban J connectivity index is 1.33. The van der Waals surface area contributed by atoms with E-state index in [0.717, 1.165) is 5.56 Å². The van der Waals surface area contributed by atoms with E-state index in [4.69, 9.17) is 9.84 Å². The Hall–Kier alpha value is -2.41. The molecule has 0 spiro atoms.